The molecule has 1 aliphatic carbocycles. The van der Waals surface area contributed by atoms with Crippen molar-refractivity contribution < 1.29 is 24.5 Å². The van der Waals surface area contributed by atoms with Gasteiger partial charge in [0.25, 0.3) is 0 Å². The van der Waals surface area contributed by atoms with Crippen LogP contribution in [-0.2, 0) is 14.9 Å². The number of aliphatic hydroxyl groups excluding tert-OH is 1. The van der Waals surface area contributed by atoms with Crippen LogP contribution < -0.4 is 5.32 Å². The molecule has 4 rings (SSSR count). The molecule has 1 aliphatic rings. The molecule has 206 valence electrons. The van der Waals surface area contributed by atoms with E-state index in [0.29, 0.717) is 11.1 Å². The summed E-state index contributed by atoms with van der Waals surface area (Å²) in [7, 11) is 0. The van der Waals surface area contributed by atoms with Crippen molar-refractivity contribution in [3.8, 4) is 11.8 Å². The third-order valence-corrected chi connectivity index (χ3v) is 6.73. The number of aliphatic hydroxyl groups is 1. The van der Waals surface area contributed by atoms with Gasteiger partial charge in [-0.25, -0.2) is 4.79 Å². The minimum absolute atomic E-state index is 0.0952. The van der Waals surface area contributed by atoms with Gasteiger partial charge in [-0.2, -0.15) is 0 Å². The standard InChI is InChI=1S/C34H35NO5/c1-33(2,3)40-31(37)21-35-26-14-11-23(12-15-26)27-18-19-34(4,5)29-20-25(13-16-28(27)29)30(36)17-8-22-6-9-24(10-7-22)32(38)39/h6-7,9-16,18,20,30,35-36H,19,21H2,1-5H3,(H,38,39). The van der Waals surface area contributed by atoms with Crippen molar-refractivity contribution in [1.29, 1.82) is 0 Å². The molecule has 0 bridgehead atoms. The molecule has 0 amide bonds. The number of aromatic carboxylic acids is 1. The molecule has 0 aromatic heterocycles. The van der Waals surface area contributed by atoms with Crippen molar-refractivity contribution in [2.45, 2.75) is 58.2 Å². The molecule has 6 heteroatoms. The van der Waals surface area contributed by atoms with Crippen LogP contribution in [0.1, 0.15) is 85.3 Å². The number of carboxylic acids is 1. The molecule has 1 unspecified atom stereocenters. The third kappa shape index (κ3) is 6.99. The number of carboxylic acid groups (broad SMARTS) is 1. The second-order valence-corrected chi connectivity index (χ2v) is 11.6. The number of allylic oxidation sites excluding steroid dienone is 1. The van der Waals surface area contributed by atoms with E-state index in [1.807, 2.05) is 63.2 Å². The molecule has 0 heterocycles. The minimum atomic E-state index is -0.990. The Hall–Kier alpha value is -4.34. The highest BCUT2D eigenvalue weighted by molar-refractivity contribution is 5.87. The van der Waals surface area contributed by atoms with Gasteiger partial charge in [0.1, 0.15) is 18.2 Å². The summed E-state index contributed by atoms with van der Waals surface area (Å²) in [5.41, 5.74) is 6.18. The summed E-state index contributed by atoms with van der Waals surface area (Å²) >= 11 is 0. The number of nitrogens with one attached hydrogen (secondary N) is 1. The van der Waals surface area contributed by atoms with E-state index in [-0.39, 0.29) is 23.5 Å². The summed E-state index contributed by atoms with van der Waals surface area (Å²) < 4.78 is 5.36. The lowest BCUT2D eigenvalue weighted by Crippen LogP contribution is -2.28. The van der Waals surface area contributed by atoms with E-state index in [1.165, 1.54) is 12.1 Å². The molecule has 40 heavy (non-hydrogen) atoms. The van der Waals surface area contributed by atoms with Gasteiger partial charge >= 0.3 is 11.9 Å². The van der Waals surface area contributed by atoms with Crippen molar-refractivity contribution in [2.75, 3.05) is 11.9 Å². The first kappa shape index (κ1) is 28.7. The van der Waals surface area contributed by atoms with Gasteiger partial charge in [0, 0.05) is 11.3 Å². The zero-order valence-electron chi connectivity index (χ0n) is 23.5. The van der Waals surface area contributed by atoms with Crippen LogP contribution in [0.4, 0.5) is 5.69 Å². The smallest absolute Gasteiger partial charge is 0.335 e. The molecule has 3 aromatic carbocycles. The number of anilines is 1. The zero-order valence-corrected chi connectivity index (χ0v) is 23.5. The van der Waals surface area contributed by atoms with E-state index < -0.39 is 17.7 Å². The first-order valence-corrected chi connectivity index (χ1v) is 13.3. The Morgan fingerprint density at radius 3 is 2.33 bits per heavy atom. The SMILES string of the molecule is CC(C)(C)OC(=O)CNc1ccc(C2=CCC(C)(C)c3cc(C(O)C#Cc4ccc(C(=O)O)cc4)ccc32)cc1. The second-order valence-electron chi connectivity index (χ2n) is 11.6. The fourth-order valence-corrected chi connectivity index (χ4v) is 4.63. The number of fused-ring (bicyclic) bond motifs is 1. The molecule has 3 aromatic rings. The van der Waals surface area contributed by atoms with Gasteiger partial charge in [0.15, 0.2) is 0 Å². The monoisotopic (exact) mass is 537 g/mol. The normalized spacial score (nSPS) is 14.6. The summed E-state index contributed by atoms with van der Waals surface area (Å²) in [6.45, 7) is 10.0. The van der Waals surface area contributed by atoms with Crippen molar-refractivity contribution >= 4 is 23.2 Å². The fourth-order valence-electron chi connectivity index (χ4n) is 4.63. The van der Waals surface area contributed by atoms with Crippen LogP contribution in [0.15, 0.2) is 72.8 Å². The lowest BCUT2D eigenvalue weighted by molar-refractivity contribution is -0.152. The van der Waals surface area contributed by atoms with E-state index in [9.17, 15) is 14.7 Å². The predicted octanol–water partition coefficient (Wildman–Crippen LogP) is 6.34. The highest BCUT2D eigenvalue weighted by Crippen LogP contribution is 2.42. The molecule has 0 radical (unpaired) electrons. The Morgan fingerprint density at radius 2 is 1.70 bits per heavy atom. The second kappa shape index (κ2) is 11.4. The van der Waals surface area contributed by atoms with Crippen molar-refractivity contribution in [3.63, 3.8) is 0 Å². The summed E-state index contributed by atoms with van der Waals surface area (Å²) in [5, 5.41) is 23.0. The highest BCUT2D eigenvalue weighted by Gasteiger charge is 2.29. The van der Waals surface area contributed by atoms with Gasteiger partial charge < -0.3 is 20.3 Å². The van der Waals surface area contributed by atoms with E-state index in [1.54, 1.807) is 12.1 Å². The highest BCUT2D eigenvalue weighted by atomic mass is 16.6. The van der Waals surface area contributed by atoms with Crippen molar-refractivity contribution in [1.82, 2.24) is 0 Å². The third-order valence-electron chi connectivity index (χ3n) is 6.73. The average molecular weight is 538 g/mol. The van der Waals surface area contributed by atoms with Gasteiger partial charge in [-0.3, -0.25) is 4.79 Å². The molecule has 6 nitrogen and oxygen atoms in total. The van der Waals surface area contributed by atoms with Gasteiger partial charge in [0.2, 0.25) is 0 Å². The maximum atomic E-state index is 12.0. The first-order chi connectivity index (χ1) is 18.8. The molecule has 0 spiro atoms. The molecule has 3 N–H and O–H groups in total. The summed E-state index contributed by atoms with van der Waals surface area (Å²) in [5.74, 6) is 4.53. The average Bonchev–Trinajstić information content (AvgIpc) is 2.90. The van der Waals surface area contributed by atoms with E-state index in [0.717, 1.165) is 34.4 Å². The summed E-state index contributed by atoms with van der Waals surface area (Å²) in [6.07, 6.45) is 2.11. The number of benzene rings is 3. The molecule has 0 fully saturated rings. The largest absolute Gasteiger partial charge is 0.478 e. The number of ether oxygens (including phenoxy) is 1. The van der Waals surface area contributed by atoms with Crippen LogP contribution in [-0.4, -0.2) is 34.3 Å². The maximum Gasteiger partial charge on any atom is 0.335 e. The van der Waals surface area contributed by atoms with Gasteiger partial charge in [0.05, 0.1) is 5.56 Å². The number of hydrogen-bond acceptors (Lipinski definition) is 5. The van der Waals surface area contributed by atoms with Crippen LogP contribution in [0.5, 0.6) is 0 Å². The number of hydrogen-bond donors (Lipinski definition) is 3. The van der Waals surface area contributed by atoms with Crippen molar-refractivity contribution in [2.24, 2.45) is 0 Å². The van der Waals surface area contributed by atoms with Crippen LogP contribution in [0.3, 0.4) is 0 Å². The Kier molecular flexibility index (Phi) is 8.18. The first-order valence-electron chi connectivity index (χ1n) is 13.3. The molecule has 0 saturated heterocycles. The molecular formula is C34H35NO5. The number of esters is 1. The Labute approximate surface area is 235 Å². The summed E-state index contributed by atoms with van der Waals surface area (Å²) in [4.78, 5) is 23.1. The van der Waals surface area contributed by atoms with Crippen LogP contribution >= 0.6 is 0 Å². The molecule has 1 atom stereocenters. The Balaban J connectivity index is 1.52. The van der Waals surface area contributed by atoms with Crippen LogP contribution in [0.2, 0.25) is 0 Å². The number of rotatable bonds is 6. The van der Waals surface area contributed by atoms with Gasteiger partial charge in [-0.1, -0.05) is 62.1 Å². The Bertz CT molecular complexity index is 1500. The van der Waals surface area contributed by atoms with Gasteiger partial charge in [-0.05, 0) is 96.8 Å². The minimum Gasteiger partial charge on any atom is -0.478 e. The van der Waals surface area contributed by atoms with Crippen molar-refractivity contribution in [3.05, 3.63) is 106 Å². The van der Waals surface area contributed by atoms with E-state index >= 15 is 0 Å². The van der Waals surface area contributed by atoms with E-state index in [2.05, 4.69) is 37.1 Å². The predicted molar refractivity (Wildman–Crippen MR) is 157 cm³/mol. The topological polar surface area (TPSA) is 95.9 Å². The molecular weight excluding hydrogens is 502 g/mol. The number of carbonyl (C=O) groups is 2. The van der Waals surface area contributed by atoms with Gasteiger partial charge in [-0.15, -0.1) is 0 Å². The molecule has 0 aliphatic heterocycles. The van der Waals surface area contributed by atoms with Crippen LogP contribution in [0, 0.1) is 11.8 Å². The quantitative estimate of drug-likeness (QED) is 0.251. The zero-order chi connectivity index (χ0) is 29.1. The Morgan fingerprint density at radius 1 is 1.02 bits per heavy atom. The fraction of sp³-hybridized carbons (Fsp3) is 0.294. The molecule has 0 saturated carbocycles. The lowest BCUT2D eigenvalue weighted by Gasteiger charge is -2.33. The number of carbonyl (C=O) groups excluding carboxylic acids is 1. The van der Waals surface area contributed by atoms with Crippen LogP contribution in [0.25, 0.3) is 5.57 Å². The summed E-state index contributed by atoms with van der Waals surface area (Å²) in [6, 6.07) is 20.2. The lowest BCUT2D eigenvalue weighted by atomic mass is 9.71. The van der Waals surface area contributed by atoms with E-state index in [4.69, 9.17) is 9.84 Å². The maximum absolute atomic E-state index is 12.0.